The van der Waals surface area contributed by atoms with Crippen molar-refractivity contribution in [3.05, 3.63) is 82.6 Å². The monoisotopic (exact) mass is 368 g/mol. The highest BCUT2D eigenvalue weighted by molar-refractivity contribution is 6.32. The molecule has 3 aromatic rings. The first-order valence-corrected chi connectivity index (χ1v) is 8.27. The molecule has 3 rings (SSSR count). The van der Waals surface area contributed by atoms with Gasteiger partial charge in [-0.2, -0.15) is 5.10 Å². The molecule has 1 aromatic heterocycles. The number of amides is 2. The zero-order valence-electron chi connectivity index (χ0n) is 14.1. The summed E-state index contributed by atoms with van der Waals surface area (Å²) >= 11 is 6.16. The fourth-order valence-electron chi connectivity index (χ4n) is 2.59. The van der Waals surface area contributed by atoms with Crippen molar-refractivity contribution in [3.8, 4) is 5.69 Å². The van der Waals surface area contributed by atoms with Gasteiger partial charge in [0.05, 0.1) is 22.5 Å². The predicted octanol–water partition coefficient (Wildman–Crippen LogP) is 2.90. The zero-order valence-corrected chi connectivity index (χ0v) is 14.8. The summed E-state index contributed by atoms with van der Waals surface area (Å²) in [5, 5.41) is 4.77. The van der Waals surface area contributed by atoms with Crippen molar-refractivity contribution >= 4 is 23.4 Å². The van der Waals surface area contributed by atoms with Crippen molar-refractivity contribution in [2.75, 3.05) is 7.05 Å². The Bertz CT molecular complexity index is 967. The average Bonchev–Trinajstić information content (AvgIpc) is 3.11. The van der Waals surface area contributed by atoms with Crippen LogP contribution in [0, 0.1) is 0 Å². The highest BCUT2D eigenvalue weighted by Gasteiger charge is 2.16. The van der Waals surface area contributed by atoms with Gasteiger partial charge in [-0.1, -0.05) is 35.9 Å². The molecule has 26 heavy (non-hydrogen) atoms. The molecule has 0 radical (unpaired) electrons. The van der Waals surface area contributed by atoms with E-state index in [0.717, 1.165) is 5.56 Å². The van der Waals surface area contributed by atoms with E-state index in [-0.39, 0.29) is 5.91 Å². The normalized spacial score (nSPS) is 10.5. The van der Waals surface area contributed by atoms with Crippen molar-refractivity contribution in [2.24, 2.45) is 5.73 Å². The summed E-state index contributed by atoms with van der Waals surface area (Å²) in [6, 6.07) is 14.2. The molecule has 132 valence electrons. The summed E-state index contributed by atoms with van der Waals surface area (Å²) in [5.74, 6) is -0.686. The number of rotatable bonds is 5. The van der Waals surface area contributed by atoms with Crippen LogP contribution in [-0.2, 0) is 6.54 Å². The predicted molar refractivity (Wildman–Crippen MR) is 99.3 cm³/mol. The van der Waals surface area contributed by atoms with Crippen LogP contribution in [0.3, 0.4) is 0 Å². The highest BCUT2D eigenvalue weighted by Crippen LogP contribution is 2.20. The van der Waals surface area contributed by atoms with E-state index < -0.39 is 5.91 Å². The Morgan fingerprint density at radius 1 is 1.15 bits per heavy atom. The van der Waals surface area contributed by atoms with Crippen molar-refractivity contribution < 1.29 is 9.59 Å². The third-order valence-electron chi connectivity index (χ3n) is 3.91. The number of para-hydroxylation sites is 1. The fourth-order valence-corrected chi connectivity index (χ4v) is 2.81. The first kappa shape index (κ1) is 17.7. The highest BCUT2D eigenvalue weighted by atomic mass is 35.5. The van der Waals surface area contributed by atoms with Crippen LogP contribution in [0.15, 0.2) is 60.9 Å². The molecule has 1 heterocycles. The van der Waals surface area contributed by atoms with Crippen molar-refractivity contribution in [3.63, 3.8) is 0 Å². The van der Waals surface area contributed by atoms with Crippen molar-refractivity contribution in [1.82, 2.24) is 14.7 Å². The number of nitrogens with two attached hydrogens (primary N) is 1. The van der Waals surface area contributed by atoms with Crippen LogP contribution in [0.25, 0.3) is 5.69 Å². The molecule has 7 heteroatoms. The number of primary amides is 1. The quantitative estimate of drug-likeness (QED) is 0.751. The Kier molecular flexibility index (Phi) is 5.04. The average molecular weight is 369 g/mol. The van der Waals surface area contributed by atoms with E-state index in [9.17, 15) is 9.59 Å². The van der Waals surface area contributed by atoms with E-state index >= 15 is 0 Å². The van der Waals surface area contributed by atoms with Gasteiger partial charge in [0.1, 0.15) is 0 Å². The second-order valence-electron chi connectivity index (χ2n) is 5.85. The number of nitrogens with zero attached hydrogens (tertiary/aromatic N) is 3. The largest absolute Gasteiger partial charge is 0.366 e. The first-order chi connectivity index (χ1) is 12.5. The summed E-state index contributed by atoms with van der Waals surface area (Å²) < 4.78 is 1.57. The maximum atomic E-state index is 12.6. The van der Waals surface area contributed by atoms with Crippen LogP contribution >= 0.6 is 11.6 Å². The lowest BCUT2D eigenvalue weighted by Gasteiger charge is -2.16. The maximum Gasteiger partial charge on any atom is 0.257 e. The van der Waals surface area contributed by atoms with Crippen LogP contribution in [0.2, 0.25) is 5.02 Å². The zero-order chi connectivity index (χ0) is 18.7. The fraction of sp³-hybridized carbons (Fsp3) is 0.105. The molecule has 0 spiro atoms. The SMILES string of the molecule is CN(Cc1cccc(C(N)=O)c1)C(=O)c1cnn(-c2ccccc2Cl)c1. The number of hydrogen-bond donors (Lipinski definition) is 1. The summed E-state index contributed by atoms with van der Waals surface area (Å²) in [7, 11) is 1.69. The number of hydrogen-bond acceptors (Lipinski definition) is 3. The lowest BCUT2D eigenvalue weighted by atomic mass is 10.1. The van der Waals surface area contributed by atoms with Gasteiger partial charge in [0.25, 0.3) is 5.91 Å². The summed E-state index contributed by atoms with van der Waals surface area (Å²) in [6.07, 6.45) is 3.14. The minimum absolute atomic E-state index is 0.187. The van der Waals surface area contributed by atoms with Gasteiger partial charge in [-0.15, -0.1) is 0 Å². The molecule has 0 unspecified atom stereocenters. The van der Waals surface area contributed by atoms with Crippen LogP contribution in [0.5, 0.6) is 0 Å². The Balaban J connectivity index is 1.76. The lowest BCUT2D eigenvalue weighted by molar-refractivity contribution is 0.0785. The van der Waals surface area contributed by atoms with Crippen molar-refractivity contribution in [1.29, 1.82) is 0 Å². The van der Waals surface area contributed by atoms with Gasteiger partial charge in [-0.3, -0.25) is 9.59 Å². The molecule has 0 aliphatic heterocycles. The maximum absolute atomic E-state index is 12.6. The Morgan fingerprint density at radius 3 is 2.65 bits per heavy atom. The van der Waals surface area contributed by atoms with Gasteiger partial charge in [0, 0.05) is 25.4 Å². The molecule has 2 amide bonds. The van der Waals surface area contributed by atoms with Crippen LogP contribution in [0.1, 0.15) is 26.3 Å². The molecule has 0 atom stereocenters. The standard InChI is InChI=1S/C19H17ClN4O2/c1-23(11-13-5-4-6-14(9-13)18(21)25)19(26)15-10-22-24(12-15)17-8-3-2-7-16(17)20/h2-10,12H,11H2,1H3,(H2,21,25). The molecule has 2 N–H and O–H groups in total. The molecule has 0 saturated carbocycles. The minimum Gasteiger partial charge on any atom is -0.366 e. The topological polar surface area (TPSA) is 81.2 Å². The number of benzene rings is 2. The lowest BCUT2D eigenvalue weighted by Crippen LogP contribution is -2.26. The number of halogens is 1. The molecular formula is C19H17ClN4O2. The van der Waals surface area contributed by atoms with Crippen molar-refractivity contribution in [2.45, 2.75) is 6.54 Å². The van der Waals surface area contributed by atoms with Gasteiger partial charge in [-0.25, -0.2) is 4.68 Å². The van der Waals surface area contributed by atoms with E-state index in [1.807, 2.05) is 24.3 Å². The molecule has 0 fully saturated rings. The second-order valence-corrected chi connectivity index (χ2v) is 6.26. The summed E-state index contributed by atoms with van der Waals surface area (Å²) in [6.45, 7) is 0.344. The Hall–Kier alpha value is -3.12. The molecule has 0 bridgehead atoms. The second kappa shape index (κ2) is 7.41. The number of carbonyl (C=O) groups is 2. The van der Waals surface area contributed by atoms with E-state index in [1.165, 1.54) is 6.20 Å². The third kappa shape index (κ3) is 3.75. The van der Waals surface area contributed by atoms with Gasteiger partial charge in [-0.05, 0) is 29.8 Å². The van der Waals surface area contributed by atoms with Crippen LogP contribution in [0.4, 0.5) is 0 Å². The van der Waals surface area contributed by atoms with Gasteiger partial charge >= 0.3 is 0 Å². The molecular weight excluding hydrogens is 352 g/mol. The number of carbonyl (C=O) groups excluding carboxylic acids is 2. The summed E-state index contributed by atoms with van der Waals surface area (Å²) in [5.41, 5.74) is 7.66. The first-order valence-electron chi connectivity index (χ1n) is 7.89. The van der Waals surface area contributed by atoms with Gasteiger partial charge in [0.15, 0.2) is 0 Å². The smallest absolute Gasteiger partial charge is 0.257 e. The van der Waals surface area contributed by atoms with E-state index in [1.54, 1.807) is 47.1 Å². The summed E-state index contributed by atoms with van der Waals surface area (Å²) in [4.78, 5) is 25.5. The van der Waals surface area contributed by atoms with Crippen LogP contribution in [-0.4, -0.2) is 33.5 Å². The van der Waals surface area contributed by atoms with E-state index in [2.05, 4.69) is 5.10 Å². The molecule has 0 saturated heterocycles. The van der Waals surface area contributed by atoms with E-state index in [0.29, 0.717) is 28.4 Å². The Labute approximate surface area is 155 Å². The number of aromatic nitrogens is 2. The van der Waals surface area contributed by atoms with E-state index in [4.69, 9.17) is 17.3 Å². The molecule has 0 aliphatic carbocycles. The van der Waals surface area contributed by atoms with Gasteiger partial charge < -0.3 is 10.6 Å². The minimum atomic E-state index is -0.498. The van der Waals surface area contributed by atoms with Gasteiger partial charge in [0.2, 0.25) is 5.91 Å². The molecule has 6 nitrogen and oxygen atoms in total. The molecule has 2 aromatic carbocycles. The Morgan fingerprint density at radius 2 is 1.92 bits per heavy atom. The third-order valence-corrected chi connectivity index (χ3v) is 4.23. The molecule has 0 aliphatic rings. The van der Waals surface area contributed by atoms with Crippen LogP contribution < -0.4 is 5.73 Å².